The van der Waals surface area contributed by atoms with Crippen molar-refractivity contribution >= 4 is 17.3 Å². The predicted molar refractivity (Wildman–Crippen MR) is 93.1 cm³/mol. The van der Waals surface area contributed by atoms with Crippen molar-refractivity contribution in [3.8, 4) is 10.7 Å². The average Bonchev–Trinajstić information content (AvgIpc) is 3.28. The quantitative estimate of drug-likeness (QED) is 0.718. The Balaban J connectivity index is 1.47. The summed E-state index contributed by atoms with van der Waals surface area (Å²) in [4.78, 5) is 13.9. The first-order valence-corrected chi connectivity index (χ1v) is 9.16. The zero-order valence-electron chi connectivity index (χ0n) is 13.6. The molecule has 2 aliphatic rings. The lowest BCUT2D eigenvalue weighted by atomic mass is 10.1. The highest BCUT2D eigenvalue weighted by Gasteiger charge is 2.24. The highest BCUT2D eigenvalue weighted by atomic mass is 32.1. The summed E-state index contributed by atoms with van der Waals surface area (Å²) in [6.45, 7) is 1.65. The van der Waals surface area contributed by atoms with Gasteiger partial charge in [0.2, 0.25) is 5.95 Å². The molecule has 3 aromatic rings. The van der Waals surface area contributed by atoms with Gasteiger partial charge in [-0.05, 0) is 30.9 Å². The van der Waals surface area contributed by atoms with Crippen molar-refractivity contribution < 1.29 is 0 Å². The molecule has 5 rings (SSSR count). The Morgan fingerprint density at radius 2 is 1.92 bits per heavy atom. The summed E-state index contributed by atoms with van der Waals surface area (Å²) in [6.07, 6.45) is 8.14. The van der Waals surface area contributed by atoms with Crippen LogP contribution in [0.3, 0.4) is 0 Å². The SMILES string of the molecule is Cn1c(-c2cc3c(s2)CCC3)nnc1N1CCc2nccnc2C1. The van der Waals surface area contributed by atoms with Gasteiger partial charge in [-0.1, -0.05) is 0 Å². The molecule has 1 aliphatic carbocycles. The van der Waals surface area contributed by atoms with Crippen LogP contribution in [0.4, 0.5) is 5.95 Å². The van der Waals surface area contributed by atoms with Gasteiger partial charge in [-0.2, -0.15) is 0 Å². The van der Waals surface area contributed by atoms with Gasteiger partial charge in [0, 0.05) is 37.3 Å². The number of anilines is 1. The molecule has 0 N–H and O–H groups in total. The predicted octanol–water partition coefficient (Wildman–Crippen LogP) is 2.38. The van der Waals surface area contributed by atoms with E-state index in [-0.39, 0.29) is 0 Å². The number of nitrogens with zero attached hydrogens (tertiary/aromatic N) is 6. The molecule has 0 atom stereocenters. The summed E-state index contributed by atoms with van der Waals surface area (Å²) >= 11 is 1.87. The molecule has 3 aromatic heterocycles. The molecule has 0 amide bonds. The Hall–Kier alpha value is -2.28. The van der Waals surface area contributed by atoms with Crippen molar-refractivity contribution in [1.29, 1.82) is 0 Å². The minimum atomic E-state index is 0.746. The molecule has 0 saturated carbocycles. The van der Waals surface area contributed by atoms with Crippen molar-refractivity contribution in [2.75, 3.05) is 11.4 Å². The van der Waals surface area contributed by atoms with E-state index in [2.05, 4.69) is 42.7 Å². The Morgan fingerprint density at radius 3 is 2.79 bits per heavy atom. The molecular formula is C17H18N6S. The van der Waals surface area contributed by atoms with E-state index in [9.17, 15) is 0 Å². The highest BCUT2D eigenvalue weighted by Crippen LogP contribution is 2.36. The zero-order chi connectivity index (χ0) is 16.1. The standard InChI is InChI=1S/C17H18N6S/c1-22-16(15-9-11-3-2-4-14(11)24-15)20-21-17(22)23-8-5-12-13(10-23)19-7-6-18-12/h6-7,9H,2-5,8,10H2,1H3. The van der Waals surface area contributed by atoms with Crippen molar-refractivity contribution in [3.05, 3.63) is 40.3 Å². The number of hydrogen-bond acceptors (Lipinski definition) is 6. The second-order valence-electron chi connectivity index (χ2n) is 6.42. The fraction of sp³-hybridized carbons (Fsp3) is 0.412. The summed E-state index contributed by atoms with van der Waals surface area (Å²) in [5, 5.41) is 8.94. The van der Waals surface area contributed by atoms with Crippen molar-refractivity contribution in [2.24, 2.45) is 7.05 Å². The van der Waals surface area contributed by atoms with Crippen LogP contribution < -0.4 is 4.90 Å². The third-order valence-corrected chi connectivity index (χ3v) is 6.15. The maximum atomic E-state index is 4.48. The van der Waals surface area contributed by atoms with Gasteiger partial charge in [-0.15, -0.1) is 21.5 Å². The van der Waals surface area contributed by atoms with Crippen LogP contribution in [-0.2, 0) is 32.9 Å². The van der Waals surface area contributed by atoms with Crippen LogP contribution >= 0.6 is 11.3 Å². The van der Waals surface area contributed by atoms with Crippen LogP contribution in [0, 0.1) is 0 Å². The fourth-order valence-corrected chi connectivity index (χ4v) is 4.93. The third-order valence-electron chi connectivity index (χ3n) is 4.92. The molecule has 7 heteroatoms. The molecule has 0 bridgehead atoms. The molecule has 0 spiro atoms. The van der Waals surface area contributed by atoms with Crippen molar-refractivity contribution in [2.45, 2.75) is 32.2 Å². The molecule has 0 radical (unpaired) electrons. The van der Waals surface area contributed by atoms with E-state index in [0.29, 0.717) is 0 Å². The summed E-state index contributed by atoms with van der Waals surface area (Å²) in [5.41, 5.74) is 3.65. The Morgan fingerprint density at radius 1 is 1.04 bits per heavy atom. The van der Waals surface area contributed by atoms with Gasteiger partial charge >= 0.3 is 0 Å². The second kappa shape index (κ2) is 5.37. The number of fused-ring (bicyclic) bond motifs is 2. The summed E-state index contributed by atoms with van der Waals surface area (Å²) in [5.74, 6) is 1.88. The molecule has 0 unspecified atom stereocenters. The first kappa shape index (κ1) is 14.1. The Labute approximate surface area is 144 Å². The molecule has 4 heterocycles. The van der Waals surface area contributed by atoms with Crippen LogP contribution in [-0.4, -0.2) is 31.3 Å². The summed E-state index contributed by atoms with van der Waals surface area (Å²) < 4.78 is 2.11. The van der Waals surface area contributed by atoms with Gasteiger partial charge in [0.25, 0.3) is 0 Å². The van der Waals surface area contributed by atoms with E-state index in [1.807, 2.05) is 11.3 Å². The lowest BCUT2D eigenvalue weighted by Gasteiger charge is -2.27. The zero-order valence-corrected chi connectivity index (χ0v) is 14.4. The van der Waals surface area contributed by atoms with Crippen LogP contribution in [0.1, 0.15) is 28.2 Å². The molecule has 0 fully saturated rings. The highest BCUT2D eigenvalue weighted by molar-refractivity contribution is 7.15. The normalized spacial score (nSPS) is 16.3. The van der Waals surface area contributed by atoms with Crippen LogP contribution in [0.15, 0.2) is 18.5 Å². The number of rotatable bonds is 2. The van der Waals surface area contributed by atoms with E-state index in [0.717, 1.165) is 42.7 Å². The van der Waals surface area contributed by atoms with Crippen molar-refractivity contribution in [1.82, 2.24) is 24.7 Å². The van der Waals surface area contributed by atoms with E-state index in [1.165, 1.54) is 34.6 Å². The van der Waals surface area contributed by atoms with Crippen LogP contribution in [0.5, 0.6) is 0 Å². The van der Waals surface area contributed by atoms with E-state index in [1.54, 1.807) is 12.4 Å². The lowest BCUT2D eigenvalue weighted by Crippen LogP contribution is -2.33. The first-order valence-electron chi connectivity index (χ1n) is 8.34. The molecule has 0 saturated heterocycles. The first-order chi connectivity index (χ1) is 11.8. The maximum absolute atomic E-state index is 4.48. The fourth-order valence-electron chi connectivity index (χ4n) is 3.66. The van der Waals surface area contributed by atoms with Crippen LogP contribution in [0.25, 0.3) is 10.7 Å². The minimum absolute atomic E-state index is 0.746. The number of aromatic nitrogens is 5. The molecule has 0 aromatic carbocycles. The average molecular weight is 338 g/mol. The van der Waals surface area contributed by atoms with Gasteiger partial charge < -0.3 is 4.90 Å². The van der Waals surface area contributed by atoms with Gasteiger partial charge in [0.15, 0.2) is 5.82 Å². The van der Waals surface area contributed by atoms with Gasteiger partial charge in [0.1, 0.15) is 0 Å². The minimum Gasteiger partial charge on any atom is -0.335 e. The molecule has 24 heavy (non-hydrogen) atoms. The molecule has 1 aliphatic heterocycles. The summed E-state index contributed by atoms with van der Waals surface area (Å²) in [7, 11) is 2.06. The largest absolute Gasteiger partial charge is 0.335 e. The third kappa shape index (κ3) is 2.15. The Bertz CT molecular complexity index is 890. The van der Waals surface area contributed by atoms with Gasteiger partial charge in [-0.3, -0.25) is 14.5 Å². The van der Waals surface area contributed by atoms with Crippen molar-refractivity contribution in [3.63, 3.8) is 0 Å². The van der Waals surface area contributed by atoms with Gasteiger partial charge in [-0.25, -0.2) is 0 Å². The number of thiophene rings is 1. The van der Waals surface area contributed by atoms with Gasteiger partial charge in [0.05, 0.1) is 22.8 Å². The number of hydrogen-bond donors (Lipinski definition) is 0. The van der Waals surface area contributed by atoms with E-state index in [4.69, 9.17) is 0 Å². The molecule has 6 nitrogen and oxygen atoms in total. The number of aryl methyl sites for hydroxylation is 2. The maximum Gasteiger partial charge on any atom is 0.227 e. The second-order valence-corrected chi connectivity index (χ2v) is 7.55. The topological polar surface area (TPSA) is 59.7 Å². The molecule has 122 valence electrons. The van der Waals surface area contributed by atoms with Crippen LogP contribution in [0.2, 0.25) is 0 Å². The van der Waals surface area contributed by atoms with E-state index < -0.39 is 0 Å². The smallest absolute Gasteiger partial charge is 0.227 e. The van der Waals surface area contributed by atoms with E-state index >= 15 is 0 Å². The Kier molecular flexibility index (Phi) is 3.16. The molecular weight excluding hydrogens is 320 g/mol. The monoisotopic (exact) mass is 338 g/mol. The lowest BCUT2D eigenvalue weighted by molar-refractivity contribution is 0.657. The summed E-state index contributed by atoms with van der Waals surface area (Å²) in [6, 6.07) is 2.30.